The van der Waals surface area contributed by atoms with Crippen molar-refractivity contribution in [1.29, 1.82) is 0 Å². The van der Waals surface area contributed by atoms with E-state index in [-0.39, 0.29) is 26.0 Å². The van der Waals surface area contributed by atoms with Crippen LogP contribution in [0, 0.1) is 0 Å². The lowest BCUT2D eigenvalue weighted by Crippen LogP contribution is -2.35. The van der Waals surface area contributed by atoms with E-state index in [1.54, 1.807) is 12.3 Å². The molecular weight excluding hydrogens is 648 g/mol. The quantitative estimate of drug-likeness (QED) is 0.198. The third-order valence-electron chi connectivity index (χ3n) is 8.13. The highest BCUT2D eigenvalue weighted by Gasteiger charge is 2.49. The first-order valence-corrected chi connectivity index (χ1v) is 20.7. The van der Waals surface area contributed by atoms with Crippen LogP contribution in [0.3, 0.4) is 0 Å². The average molecular weight is 689 g/mol. The maximum absolute atomic E-state index is 12.4. The van der Waals surface area contributed by atoms with Crippen LogP contribution in [0.2, 0.25) is 5.02 Å². The molecule has 13 heteroatoms. The van der Waals surface area contributed by atoms with Crippen LogP contribution in [0.4, 0.5) is 5.69 Å². The molecule has 4 heterocycles. The number of aliphatic hydroxyl groups excluding tert-OH is 1. The van der Waals surface area contributed by atoms with Gasteiger partial charge in [0.1, 0.15) is 30.6 Å². The monoisotopic (exact) mass is 688 g/mol. The van der Waals surface area contributed by atoms with Crippen molar-refractivity contribution in [2.45, 2.75) is 38.1 Å². The molecule has 4 aromatic rings. The van der Waals surface area contributed by atoms with Crippen LogP contribution in [0.25, 0.3) is 33.5 Å². The minimum absolute atomic E-state index is 0.201. The number of fused-ring (bicyclic) bond motifs is 2. The fourth-order valence-corrected chi connectivity index (χ4v) is 6.95. The summed E-state index contributed by atoms with van der Waals surface area (Å²) in [7, 11) is -2.94. The number of pyridine rings is 1. The molecule has 2 fully saturated rings. The molecule has 2 aromatic carbocycles. The Morgan fingerprint density at radius 2 is 1.63 bits per heavy atom. The van der Waals surface area contributed by atoms with Gasteiger partial charge >= 0.3 is 6.01 Å². The van der Waals surface area contributed by atoms with E-state index in [2.05, 4.69) is 23.1 Å². The molecule has 0 saturated carbocycles. The van der Waals surface area contributed by atoms with Crippen LogP contribution < -0.4 is 4.74 Å². The summed E-state index contributed by atoms with van der Waals surface area (Å²) in [6.45, 7) is 3.17. The number of hydrogen-bond donors (Lipinski definition) is 1. The van der Waals surface area contributed by atoms with Gasteiger partial charge in [-0.05, 0) is 48.1 Å². The number of hydrogen-bond acceptors (Lipinski definition) is 9. The SMILES string of the molecule is CCS(C)(=O)=Nc1ccc(-c2ccc(-c3nc4c(cc3Cl)nc(O[C@@H]3CO[C@H]5[C@@H]3OC[C@H]5O)n4COCCS(C)(C)C)cc2)cc1. The van der Waals surface area contributed by atoms with E-state index in [1.165, 1.54) is 0 Å². The highest BCUT2D eigenvalue weighted by Crippen LogP contribution is 2.36. The summed E-state index contributed by atoms with van der Waals surface area (Å²) in [6.07, 6.45) is 6.54. The largest absolute Gasteiger partial charge is 0.456 e. The third-order valence-corrected chi connectivity index (χ3v) is 11.5. The fourth-order valence-electron chi connectivity index (χ4n) is 5.38. The molecular formula is C33H41ClN4O6S2. The number of halogens is 1. The highest BCUT2D eigenvalue weighted by molar-refractivity contribution is 8.32. The minimum Gasteiger partial charge on any atom is -0.456 e. The van der Waals surface area contributed by atoms with Crippen molar-refractivity contribution >= 4 is 48.2 Å². The van der Waals surface area contributed by atoms with Gasteiger partial charge in [0.05, 0.1) is 36.2 Å². The minimum atomic E-state index is -2.22. The first kappa shape index (κ1) is 33.2. The second kappa shape index (κ2) is 13.4. The van der Waals surface area contributed by atoms with Gasteiger partial charge in [-0.3, -0.25) is 4.57 Å². The fraction of sp³-hybridized carbons (Fsp3) is 0.455. The van der Waals surface area contributed by atoms with Crippen LogP contribution >= 0.6 is 21.6 Å². The van der Waals surface area contributed by atoms with Gasteiger partial charge in [-0.25, -0.2) is 19.2 Å². The molecule has 1 N–H and O–H groups in total. The number of imidazole rings is 1. The Morgan fingerprint density at radius 3 is 2.30 bits per heavy atom. The van der Waals surface area contributed by atoms with Crippen LogP contribution in [-0.4, -0.2) is 105 Å². The van der Waals surface area contributed by atoms with E-state index in [4.69, 9.17) is 40.5 Å². The van der Waals surface area contributed by atoms with Gasteiger partial charge in [0.25, 0.3) is 0 Å². The lowest BCUT2D eigenvalue weighted by molar-refractivity contribution is 0.00344. The molecule has 2 saturated heterocycles. The second-order valence-electron chi connectivity index (χ2n) is 12.6. The van der Waals surface area contributed by atoms with E-state index in [9.17, 15) is 9.32 Å². The van der Waals surface area contributed by atoms with Crippen LogP contribution in [-0.2, 0) is 30.7 Å². The number of aliphatic hydroxyl groups is 1. The molecule has 2 aliphatic rings. The topological polar surface area (TPSA) is 117 Å². The van der Waals surface area contributed by atoms with Crippen molar-refractivity contribution in [2.75, 3.05) is 56.3 Å². The normalized spacial score (nSPS) is 22.9. The van der Waals surface area contributed by atoms with E-state index >= 15 is 0 Å². The van der Waals surface area contributed by atoms with Crippen molar-refractivity contribution < 1.29 is 28.3 Å². The molecule has 6 rings (SSSR count). The summed E-state index contributed by atoms with van der Waals surface area (Å²) >= 11 is 6.79. The molecule has 0 radical (unpaired) electrons. The Balaban J connectivity index is 1.28. The maximum atomic E-state index is 12.4. The summed E-state index contributed by atoms with van der Waals surface area (Å²) < 4.78 is 42.6. The zero-order valence-electron chi connectivity index (χ0n) is 26.7. The molecule has 248 valence electrons. The first-order valence-electron chi connectivity index (χ1n) is 15.2. The van der Waals surface area contributed by atoms with Gasteiger partial charge in [0.15, 0.2) is 11.8 Å². The molecule has 2 aromatic heterocycles. The Morgan fingerprint density at radius 1 is 0.978 bits per heavy atom. The highest BCUT2D eigenvalue weighted by atomic mass is 35.5. The zero-order chi connectivity index (χ0) is 32.6. The molecule has 5 atom stereocenters. The average Bonchev–Trinajstić information content (AvgIpc) is 3.69. The Hall–Kier alpha value is -2.71. The van der Waals surface area contributed by atoms with Gasteiger partial charge in [0.2, 0.25) is 0 Å². The molecule has 0 amide bonds. The summed E-state index contributed by atoms with van der Waals surface area (Å²) in [5, 5.41) is 10.6. The smallest absolute Gasteiger partial charge is 0.301 e. The van der Waals surface area contributed by atoms with Crippen LogP contribution in [0.1, 0.15) is 6.92 Å². The lowest BCUT2D eigenvalue weighted by atomic mass is 10.0. The van der Waals surface area contributed by atoms with Crippen molar-refractivity contribution in [1.82, 2.24) is 14.5 Å². The number of aromatic nitrogens is 3. The Kier molecular flexibility index (Phi) is 9.69. The van der Waals surface area contributed by atoms with E-state index < -0.39 is 38.1 Å². The van der Waals surface area contributed by atoms with Gasteiger partial charge in [-0.2, -0.15) is 9.35 Å². The van der Waals surface area contributed by atoms with E-state index in [1.807, 2.05) is 60.0 Å². The molecule has 1 unspecified atom stereocenters. The van der Waals surface area contributed by atoms with Crippen LogP contribution in [0.5, 0.6) is 6.01 Å². The third kappa shape index (κ3) is 7.38. The van der Waals surface area contributed by atoms with E-state index in [0.29, 0.717) is 45.9 Å². The standard InChI is InChI=1S/C33H41ClN4O6S2/c1-6-46(5,40)37-24-13-11-22(12-14-24)21-7-9-23(10-8-21)29-25(34)17-26-32(36-29)38(20-41-15-16-45(2,3)4)33(35-26)44-28-19-43-30-27(39)18-42-31(28)30/h7-14,17,27-28,30-31,39H,6,15-16,18-20H2,1-5H3/t27-,28-,30-,31-,46?/m1/s1. The summed E-state index contributed by atoms with van der Waals surface area (Å²) in [4.78, 5) is 9.71. The van der Waals surface area contributed by atoms with Crippen LogP contribution in [0.15, 0.2) is 59.0 Å². The van der Waals surface area contributed by atoms with Crippen molar-refractivity contribution in [3.8, 4) is 28.4 Å². The van der Waals surface area contributed by atoms with Gasteiger partial charge in [-0.15, -0.1) is 0 Å². The van der Waals surface area contributed by atoms with Gasteiger partial charge in [-0.1, -0.05) is 54.9 Å². The Bertz CT molecular complexity index is 1820. The number of benzene rings is 2. The van der Waals surface area contributed by atoms with Gasteiger partial charge < -0.3 is 24.1 Å². The molecule has 0 aliphatic carbocycles. The summed E-state index contributed by atoms with van der Waals surface area (Å²) in [6, 6.07) is 17.9. The molecule has 0 spiro atoms. The second-order valence-corrected chi connectivity index (χ2v) is 20.3. The predicted molar refractivity (Wildman–Crippen MR) is 186 cm³/mol. The number of rotatable bonds is 11. The molecule has 0 bridgehead atoms. The number of nitrogens with zero attached hydrogens (tertiary/aromatic N) is 4. The number of ether oxygens (including phenoxy) is 4. The maximum Gasteiger partial charge on any atom is 0.301 e. The van der Waals surface area contributed by atoms with Crippen molar-refractivity contribution in [3.63, 3.8) is 0 Å². The summed E-state index contributed by atoms with van der Waals surface area (Å²) in [5.41, 5.74) is 5.38. The predicted octanol–water partition coefficient (Wildman–Crippen LogP) is 5.74. The molecule has 10 nitrogen and oxygen atoms in total. The van der Waals surface area contributed by atoms with E-state index in [0.717, 1.165) is 22.4 Å². The zero-order valence-corrected chi connectivity index (χ0v) is 29.1. The lowest BCUT2D eigenvalue weighted by Gasteiger charge is -2.24. The molecule has 2 aliphatic heterocycles. The van der Waals surface area contributed by atoms with Gasteiger partial charge in [0, 0.05) is 33.1 Å². The van der Waals surface area contributed by atoms with Crippen molar-refractivity contribution in [2.24, 2.45) is 4.36 Å². The van der Waals surface area contributed by atoms with Crippen molar-refractivity contribution in [3.05, 3.63) is 59.6 Å². The summed E-state index contributed by atoms with van der Waals surface area (Å²) in [5.74, 6) is 1.48. The Labute approximate surface area is 276 Å². The molecule has 46 heavy (non-hydrogen) atoms. The first-order chi connectivity index (χ1) is 21.9.